The molecule has 0 aliphatic carbocycles. The first-order chi connectivity index (χ1) is 11.2. The van der Waals surface area contributed by atoms with Gasteiger partial charge in [-0.15, -0.1) is 0 Å². The second-order valence-corrected chi connectivity index (χ2v) is 5.76. The Morgan fingerprint density at radius 2 is 2.13 bits per heavy atom. The molecule has 0 radical (unpaired) electrons. The molecule has 1 aromatic carbocycles. The third kappa shape index (κ3) is 6.17. The van der Waals surface area contributed by atoms with Gasteiger partial charge in [-0.05, 0) is 31.1 Å². The molecule has 0 atom stereocenters. The van der Waals surface area contributed by atoms with E-state index in [1.807, 2.05) is 37.3 Å². The summed E-state index contributed by atoms with van der Waals surface area (Å²) in [5.74, 6) is 0.560. The van der Waals surface area contributed by atoms with E-state index in [9.17, 15) is 0 Å². The van der Waals surface area contributed by atoms with Crippen LogP contribution in [0.3, 0.4) is 0 Å². The zero-order valence-corrected chi connectivity index (χ0v) is 14.7. The molecule has 0 aliphatic heterocycles. The minimum Gasteiger partial charge on any atom is -0.382 e. The number of halogens is 1. The van der Waals surface area contributed by atoms with Crippen molar-refractivity contribution in [3.8, 4) is 0 Å². The van der Waals surface area contributed by atoms with E-state index in [0.717, 1.165) is 31.7 Å². The highest BCUT2D eigenvalue weighted by Gasteiger charge is 2.08. The van der Waals surface area contributed by atoms with Crippen molar-refractivity contribution in [1.82, 2.24) is 15.1 Å². The second kappa shape index (κ2) is 9.50. The van der Waals surface area contributed by atoms with Crippen molar-refractivity contribution in [3.05, 3.63) is 47.1 Å². The summed E-state index contributed by atoms with van der Waals surface area (Å²) < 4.78 is 7.06. The highest BCUT2D eigenvalue weighted by Crippen LogP contribution is 2.19. The topological polar surface area (TPSA) is 51.1 Å². The summed E-state index contributed by atoms with van der Waals surface area (Å²) in [6.45, 7) is 4.84. The molecule has 5 nitrogen and oxygen atoms in total. The van der Waals surface area contributed by atoms with Gasteiger partial charge in [0, 0.05) is 26.0 Å². The Morgan fingerprint density at radius 1 is 1.35 bits per heavy atom. The second-order valence-electron chi connectivity index (χ2n) is 4.94. The third-order valence-electron chi connectivity index (χ3n) is 3.09. The number of aromatic nitrogens is 2. The van der Waals surface area contributed by atoms with Gasteiger partial charge in [-0.25, -0.2) is 0 Å². The molecule has 0 fully saturated rings. The van der Waals surface area contributed by atoms with Crippen LogP contribution in [0.25, 0.3) is 0 Å². The monoisotopic (exact) mass is 352 g/mol. The van der Waals surface area contributed by atoms with Crippen LogP contribution < -0.4 is 10.6 Å². The van der Waals surface area contributed by atoms with Crippen LogP contribution in [0.2, 0.25) is 5.02 Å². The Hall–Kier alpha value is -1.63. The third-order valence-corrected chi connectivity index (χ3v) is 3.61. The maximum absolute atomic E-state index is 6.20. The van der Waals surface area contributed by atoms with Crippen LogP contribution in [0.4, 0.5) is 5.82 Å². The molecular weight excluding hydrogens is 332 g/mol. The van der Waals surface area contributed by atoms with Crippen LogP contribution >= 0.6 is 23.8 Å². The van der Waals surface area contributed by atoms with Gasteiger partial charge in [-0.1, -0.05) is 41.9 Å². The Bertz CT molecular complexity index is 618. The summed E-state index contributed by atoms with van der Waals surface area (Å²) in [5, 5.41) is 11.6. The fraction of sp³-hybridized carbons (Fsp3) is 0.375. The van der Waals surface area contributed by atoms with Crippen LogP contribution in [0.15, 0.2) is 36.5 Å². The fourth-order valence-corrected chi connectivity index (χ4v) is 2.40. The summed E-state index contributed by atoms with van der Waals surface area (Å²) in [7, 11) is 0. The minimum atomic E-state index is 0.508. The highest BCUT2D eigenvalue weighted by atomic mass is 35.5. The number of nitrogens with zero attached hydrogens (tertiary/aromatic N) is 2. The molecule has 1 heterocycles. The van der Waals surface area contributed by atoms with E-state index in [4.69, 9.17) is 28.6 Å². The number of thiocarbonyl (C=S) groups is 1. The van der Waals surface area contributed by atoms with Crippen molar-refractivity contribution < 1.29 is 4.74 Å². The van der Waals surface area contributed by atoms with Crippen LogP contribution in [0.1, 0.15) is 18.9 Å². The first-order valence-electron chi connectivity index (χ1n) is 7.58. The van der Waals surface area contributed by atoms with E-state index < -0.39 is 0 Å². The van der Waals surface area contributed by atoms with Gasteiger partial charge in [0.2, 0.25) is 0 Å². The molecule has 0 saturated heterocycles. The van der Waals surface area contributed by atoms with E-state index in [1.54, 1.807) is 10.9 Å². The van der Waals surface area contributed by atoms with E-state index in [1.165, 1.54) is 0 Å². The number of ether oxygens (including phenoxy) is 1. The van der Waals surface area contributed by atoms with Gasteiger partial charge >= 0.3 is 0 Å². The highest BCUT2D eigenvalue weighted by molar-refractivity contribution is 7.80. The van der Waals surface area contributed by atoms with Gasteiger partial charge in [0.25, 0.3) is 0 Å². The molecule has 7 heteroatoms. The predicted octanol–water partition coefficient (Wildman–Crippen LogP) is 3.30. The predicted molar refractivity (Wildman–Crippen MR) is 98.1 cm³/mol. The minimum absolute atomic E-state index is 0.508. The fourth-order valence-electron chi connectivity index (χ4n) is 2.01. The molecule has 0 aliphatic rings. The molecule has 23 heavy (non-hydrogen) atoms. The lowest BCUT2D eigenvalue weighted by molar-refractivity contribution is 0.146. The number of rotatable bonds is 8. The van der Waals surface area contributed by atoms with E-state index >= 15 is 0 Å². The van der Waals surface area contributed by atoms with Gasteiger partial charge in [0.05, 0.1) is 6.54 Å². The Kier molecular flexibility index (Phi) is 7.32. The zero-order chi connectivity index (χ0) is 16.5. The lowest BCUT2D eigenvalue weighted by atomic mass is 10.2. The summed E-state index contributed by atoms with van der Waals surface area (Å²) in [5.41, 5.74) is 1.16. The molecular formula is C16H21ClN4OS. The number of hydrogen-bond acceptors (Lipinski definition) is 3. The summed E-state index contributed by atoms with van der Waals surface area (Å²) in [6, 6.07) is 10.1. The lowest BCUT2D eigenvalue weighted by Gasteiger charge is -2.08. The number of nitrogens with one attached hydrogen (secondary N) is 2. The molecule has 2 aromatic rings. The maximum Gasteiger partial charge on any atom is 0.173 e. The van der Waals surface area contributed by atoms with Crippen LogP contribution in [0.5, 0.6) is 0 Å². The van der Waals surface area contributed by atoms with Gasteiger partial charge < -0.3 is 15.4 Å². The molecule has 0 spiro atoms. The van der Waals surface area contributed by atoms with Crippen LogP contribution in [-0.4, -0.2) is 34.7 Å². The Morgan fingerprint density at radius 3 is 2.87 bits per heavy atom. The first kappa shape index (κ1) is 17.7. The average molecular weight is 353 g/mol. The molecule has 2 N–H and O–H groups in total. The van der Waals surface area contributed by atoms with Gasteiger partial charge in [-0.3, -0.25) is 4.68 Å². The summed E-state index contributed by atoms with van der Waals surface area (Å²) in [6.07, 6.45) is 2.68. The molecule has 0 saturated carbocycles. The standard InChI is InChI=1S/C16H21ClN4OS/c1-2-22-10-6-9-18-16(23)19-15-14(17)12-21(20-15)11-13-7-4-3-5-8-13/h3-5,7-8,12H,2,6,9-11H2,1H3,(H2,18,19,20,23). The van der Waals surface area contributed by atoms with Crippen molar-refractivity contribution in [1.29, 1.82) is 0 Å². The molecule has 0 unspecified atom stereocenters. The normalized spacial score (nSPS) is 10.5. The van der Waals surface area contributed by atoms with Gasteiger partial charge in [-0.2, -0.15) is 5.10 Å². The smallest absolute Gasteiger partial charge is 0.173 e. The Labute approximate surface area is 147 Å². The number of benzene rings is 1. The van der Waals surface area contributed by atoms with Crippen molar-refractivity contribution in [3.63, 3.8) is 0 Å². The van der Waals surface area contributed by atoms with Crippen molar-refractivity contribution in [2.75, 3.05) is 25.1 Å². The summed E-state index contributed by atoms with van der Waals surface area (Å²) in [4.78, 5) is 0. The number of anilines is 1. The number of hydrogen-bond donors (Lipinski definition) is 2. The molecule has 124 valence electrons. The zero-order valence-electron chi connectivity index (χ0n) is 13.1. The Balaban J connectivity index is 1.82. The maximum atomic E-state index is 6.20. The molecule has 0 bridgehead atoms. The van der Waals surface area contributed by atoms with Crippen molar-refractivity contribution >= 4 is 34.7 Å². The first-order valence-corrected chi connectivity index (χ1v) is 8.37. The van der Waals surface area contributed by atoms with Gasteiger partial charge in [0.15, 0.2) is 10.9 Å². The van der Waals surface area contributed by atoms with Crippen molar-refractivity contribution in [2.45, 2.75) is 19.9 Å². The van der Waals surface area contributed by atoms with E-state index in [0.29, 0.717) is 22.5 Å². The van der Waals surface area contributed by atoms with E-state index in [-0.39, 0.29) is 0 Å². The van der Waals surface area contributed by atoms with Gasteiger partial charge in [0.1, 0.15) is 5.02 Å². The van der Waals surface area contributed by atoms with Crippen LogP contribution in [0, 0.1) is 0 Å². The van der Waals surface area contributed by atoms with Crippen LogP contribution in [-0.2, 0) is 11.3 Å². The summed E-state index contributed by atoms with van der Waals surface area (Å²) >= 11 is 11.4. The van der Waals surface area contributed by atoms with E-state index in [2.05, 4.69) is 15.7 Å². The average Bonchev–Trinajstić information content (AvgIpc) is 2.87. The molecule has 2 rings (SSSR count). The molecule has 1 aromatic heterocycles. The van der Waals surface area contributed by atoms with Crippen molar-refractivity contribution in [2.24, 2.45) is 0 Å². The quantitative estimate of drug-likeness (QED) is 0.564. The SMILES string of the molecule is CCOCCCNC(=S)Nc1nn(Cc2ccccc2)cc1Cl. The largest absolute Gasteiger partial charge is 0.382 e. The lowest BCUT2D eigenvalue weighted by Crippen LogP contribution is -2.30. The molecule has 0 amide bonds.